The van der Waals surface area contributed by atoms with Crippen molar-refractivity contribution >= 4 is 11.7 Å². The predicted octanol–water partition coefficient (Wildman–Crippen LogP) is 3.43. The molecule has 1 saturated heterocycles. The third-order valence-electron chi connectivity index (χ3n) is 4.90. The highest BCUT2D eigenvalue weighted by Gasteiger charge is 2.25. The number of amides is 1. The lowest BCUT2D eigenvalue weighted by atomic mass is 10.0. The standard InChI is InChI=1S/C21H26FN3O2/c1-4-23-21(26)14(2)16-5-7-17(8-6-16)27-18-11-12-25(13-18)20-10-9-19(22)15(3)24-20/h5-10,14,18H,4,11-13H2,1-3H3,(H,23,26). The van der Waals surface area contributed by atoms with Crippen molar-refractivity contribution in [1.82, 2.24) is 10.3 Å². The quantitative estimate of drug-likeness (QED) is 0.845. The predicted molar refractivity (Wildman–Crippen MR) is 104 cm³/mol. The van der Waals surface area contributed by atoms with E-state index in [9.17, 15) is 9.18 Å². The summed E-state index contributed by atoms with van der Waals surface area (Å²) in [6.07, 6.45) is 0.943. The lowest BCUT2D eigenvalue weighted by molar-refractivity contribution is -0.122. The van der Waals surface area contributed by atoms with Gasteiger partial charge in [0.05, 0.1) is 18.2 Å². The Bertz CT molecular complexity index is 795. The van der Waals surface area contributed by atoms with Crippen LogP contribution in [0.5, 0.6) is 5.75 Å². The molecule has 0 radical (unpaired) electrons. The number of halogens is 1. The highest BCUT2D eigenvalue weighted by molar-refractivity contribution is 5.83. The normalized spacial score (nSPS) is 17.6. The Morgan fingerprint density at radius 3 is 2.74 bits per heavy atom. The maximum absolute atomic E-state index is 13.4. The second-order valence-electron chi connectivity index (χ2n) is 6.90. The van der Waals surface area contributed by atoms with Crippen molar-refractivity contribution in [3.63, 3.8) is 0 Å². The first-order valence-corrected chi connectivity index (χ1v) is 9.40. The van der Waals surface area contributed by atoms with E-state index < -0.39 is 0 Å². The van der Waals surface area contributed by atoms with Crippen molar-refractivity contribution in [2.75, 3.05) is 24.5 Å². The zero-order chi connectivity index (χ0) is 19.4. The maximum atomic E-state index is 13.4. The van der Waals surface area contributed by atoms with Crippen molar-refractivity contribution < 1.29 is 13.9 Å². The minimum Gasteiger partial charge on any atom is -0.489 e. The molecule has 3 rings (SSSR count). The summed E-state index contributed by atoms with van der Waals surface area (Å²) in [6.45, 7) is 7.66. The first-order valence-electron chi connectivity index (χ1n) is 9.40. The van der Waals surface area contributed by atoms with Crippen LogP contribution < -0.4 is 15.0 Å². The Balaban J connectivity index is 1.58. The third-order valence-corrected chi connectivity index (χ3v) is 4.90. The zero-order valence-electron chi connectivity index (χ0n) is 16.0. The van der Waals surface area contributed by atoms with Crippen LogP contribution in [0.1, 0.15) is 37.4 Å². The number of aromatic nitrogens is 1. The van der Waals surface area contributed by atoms with Gasteiger partial charge in [-0.2, -0.15) is 0 Å². The SMILES string of the molecule is CCNC(=O)C(C)c1ccc(OC2CCN(c3ccc(F)c(C)n3)C2)cc1. The van der Waals surface area contributed by atoms with Crippen molar-refractivity contribution in [1.29, 1.82) is 0 Å². The van der Waals surface area contributed by atoms with Gasteiger partial charge in [-0.1, -0.05) is 12.1 Å². The average Bonchev–Trinajstić information content (AvgIpc) is 3.12. The Hall–Kier alpha value is -2.63. The van der Waals surface area contributed by atoms with Gasteiger partial charge in [-0.3, -0.25) is 4.79 Å². The molecule has 1 aromatic carbocycles. The summed E-state index contributed by atoms with van der Waals surface area (Å²) in [7, 11) is 0. The fraction of sp³-hybridized carbons (Fsp3) is 0.429. The molecule has 144 valence electrons. The molecule has 1 N–H and O–H groups in total. The molecule has 0 aliphatic carbocycles. The van der Waals surface area contributed by atoms with E-state index in [1.807, 2.05) is 38.1 Å². The van der Waals surface area contributed by atoms with Crippen LogP contribution in [-0.4, -0.2) is 36.6 Å². The molecule has 6 heteroatoms. The number of hydrogen-bond acceptors (Lipinski definition) is 4. The second kappa shape index (κ2) is 8.37. The molecule has 1 aliphatic heterocycles. The molecule has 1 fully saturated rings. The first kappa shape index (κ1) is 19.1. The lowest BCUT2D eigenvalue weighted by Crippen LogP contribution is -2.27. The topological polar surface area (TPSA) is 54.5 Å². The number of carbonyl (C=O) groups excluding carboxylic acids is 1. The lowest BCUT2D eigenvalue weighted by Gasteiger charge is -2.19. The van der Waals surface area contributed by atoms with Gasteiger partial charge in [0, 0.05) is 19.5 Å². The number of anilines is 1. The number of rotatable bonds is 6. The van der Waals surface area contributed by atoms with Crippen LogP contribution in [0.3, 0.4) is 0 Å². The number of benzene rings is 1. The van der Waals surface area contributed by atoms with E-state index in [2.05, 4.69) is 15.2 Å². The molecule has 0 saturated carbocycles. The molecule has 2 unspecified atom stereocenters. The molecule has 27 heavy (non-hydrogen) atoms. The van der Waals surface area contributed by atoms with Gasteiger partial charge in [0.15, 0.2) is 0 Å². The summed E-state index contributed by atoms with van der Waals surface area (Å²) >= 11 is 0. The van der Waals surface area contributed by atoms with E-state index in [-0.39, 0.29) is 23.7 Å². The van der Waals surface area contributed by atoms with Crippen molar-refractivity contribution in [3.8, 4) is 5.75 Å². The molecule has 0 spiro atoms. The van der Waals surface area contributed by atoms with Crippen LogP contribution in [0.15, 0.2) is 36.4 Å². The van der Waals surface area contributed by atoms with Gasteiger partial charge < -0.3 is 15.0 Å². The molecule has 0 bridgehead atoms. The van der Waals surface area contributed by atoms with Crippen molar-refractivity contribution in [2.24, 2.45) is 0 Å². The van der Waals surface area contributed by atoms with Crippen LogP contribution in [0.25, 0.3) is 0 Å². The molecule has 5 nitrogen and oxygen atoms in total. The van der Waals surface area contributed by atoms with Gasteiger partial charge in [0.1, 0.15) is 23.5 Å². The van der Waals surface area contributed by atoms with E-state index in [4.69, 9.17) is 4.74 Å². The minimum absolute atomic E-state index is 0.0275. The van der Waals surface area contributed by atoms with Crippen LogP contribution in [0.4, 0.5) is 10.2 Å². The van der Waals surface area contributed by atoms with Crippen LogP contribution in [0.2, 0.25) is 0 Å². The molecule has 1 aromatic heterocycles. The number of nitrogens with one attached hydrogen (secondary N) is 1. The molecule has 1 aliphatic rings. The number of carbonyl (C=O) groups is 1. The summed E-state index contributed by atoms with van der Waals surface area (Å²) in [4.78, 5) is 18.4. The van der Waals surface area contributed by atoms with Gasteiger partial charge in [0.25, 0.3) is 0 Å². The Morgan fingerprint density at radius 1 is 1.33 bits per heavy atom. The highest BCUT2D eigenvalue weighted by Crippen LogP contribution is 2.25. The van der Waals surface area contributed by atoms with Crippen molar-refractivity contribution in [3.05, 3.63) is 53.5 Å². The Labute approximate surface area is 159 Å². The van der Waals surface area contributed by atoms with Crippen LogP contribution in [-0.2, 0) is 4.79 Å². The smallest absolute Gasteiger partial charge is 0.227 e. The highest BCUT2D eigenvalue weighted by atomic mass is 19.1. The van der Waals surface area contributed by atoms with Gasteiger partial charge in [-0.25, -0.2) is 9.37 Å². The van der Waals surface area contributed by atoms with Crippen LogP contribution in [0, 0.1) is 12.7 Å². The minimum atomic E-state index is -0.285. The van der Waals surface area contributed by atoms with Crippen LogP contribution >= 0.6 is 0 Å². The molecular formula is C21H26FN3O2. The zero-order valence-corrected chi connectivity index (χ0v) is 16.0. The maximum Gasteiger partial charge on any atom is 0.227 e. The monoisotopic (exact) mass is 371 g/mol. The molecular weight excluding hydrogens is 345 g/mol. The number of ether oxygens (including phenoxy) is 1. The third kappa shape index (κ3) is 4.56. The second-order valence-corrected chi connectivity index (χ2v) is 6.90. The molecule has 1 amide bonds. The molecule has 2 aromatic rings. The summed E-state index contributed by atoms with van der Waals surface area (Å²) < 4.78 is 19.5. The number of likely N-dealkylation sites (N-methyl/N-ethyl adjacent to an activating group) is 1. The van der Waals surface area contributed by atoms with Gasteiger partial charge >= 0.3 is 0 Å². The number of nitrogens with zero attached hydrogens (tertiary/aromatic N) is 2. The van der Waals surface area contributed by atoms with E-state index in [0.717, 1.165) is 36.6 Å². The van der Waals surface area contributed by atoms with E-state index in [1.54, 1.807) is 13.0 Å². The first-order chi connectivity index (χ1) is 13.0. The van der Waals surface area contributed by atoms with Gasteiger partial charge in [-0.15, -0.1) is 0 Å². The van der Waals surface area contributed by atoms with Gasteiger partial charge in [0.2, 0.25) is 5.91 Å². The summed E-state index contributed by atoms with van der Waals surface area (Å²) in [5, 5.41) is 2.84. The van der Waals surface area contributed by atoms with Gasteiger partial charge in [-0.05, 0) is 50.6 Å². The number of hydrogen-bond donors (Lipinski definition) is 1. The van der Waals surface area contributed by atoms with Crippen molar-refractivity contribution in [2.45, 2.75) is 39.2 Å². The number of pyridine rings is 1. The van der Waals surface area contributed by atoms with E-state index >= 15 is 0 Å². The fourth-order valence-electron chi connectivity index (χ4n) is 3.25. The fourth-order valence-corrected chi connectivity index (χ4v) is 3.25. The largest absolute Gasteiger partial charge is 0.489 e. The molecule has 2 atom stereocenters. The Morgan fingerprint density at radius 2 is 2.07 bits per heavy atom. The summed E-state index contributed by atoms with van der Waals surface area (Å²) in [5.41, 5.74) is 1.38. The number of aryl methyl sites for hydroxylation is 1. The summed E-state index contributed by atoms with van der Waals surface area (Å²) in [5.74, 6) is 1.13. The summed E-state index contributed by atoms with van der Waals surface area (Å²) in [6, 6.07) is 10.9. The van der Waals surface area contributed by atoms with E-state index in [0.29, 0.717) is 12.2 Å². The Kier molecular flexibility index (Phi) is 5.94. The molecule has 2 heterocycles. The van der Waals surface area contributed by atoms with E-state index in [1.165, 1.54) is 6.07 Å². The average molecular weight is 371 g/mol.